The summed E-state index contributed by atoms with van der Waals surface area (Å²) in [5, 5.41) is 13.0. The van der Waals surface area contributed by atoms with Gasteiger partial charge < -0.3 is 14.8 Å². The monoisotopic (exact) mass is 407 g/mol. The highest BCUT2D eigenvalue weighted by Gasteiger charge is 2.11. The average molecular weight is 408 g/mol. The number of thioether (sulfide) groups is 1. The fraction of sp³-hybridized carbons (Fsp3) is 0.105. The molecule has 3 aromatic rings. The van der Waals surface area contributed by atoms with Gasteiger partial charge in [-0.2, -0.15) is 0 Å². The molecule has 26 heavy (non-hydrogen) atoms. The summed E-state index contributed by atoms with van der Waals surface area (Å²) >= 11 is 13.6. The van der Waals surface area contributed by atoms with Crippen molar-refractivity contribution in [1.82, 2.24) is 0 Å². The third-order valence-electron chi connectivity index (χ3n) is 3.52. The number of aliphatic hydroxyl groups excluding tert-OH is 1. The molecule has 7 heteroatoms. The summed E-state index contributed by atoms with van der Waals surface area (Å²) in [6.45, 7) is -0.170. The molecule has 134 valence electrons. The minimum Gasteiger partial charge on any atom is -0.459 e. The molecule has 0 aliphatic carbocycles. The van der Waals surface area contributed by atoms with E-state index in [0.717, 1.165) is 4.90 Å². The number of benzene rings is 2. The van der Waals surface area contributed by atoms with E-state index >= 15 is 0 Å². The Morgan fingerprint density at radius 3 is 2.50 bits per heavy atom. The minimum atomic E-state index is -0.170. The van der Waals surface area contributed by atoms with Crippen molar-refractivity contribution in [3.63, 3.8) is 0 Å². The van der Waals surface area contributed by atoms with Gasteiger partial charge in [0.2, 0.25) is 5.91 Å². The van der Waals surface area contributed by atoms with Crippen LogP contribution in [0.15, 0.2) is 63.9 Å². The predicted octanol–water partition coefficient (Wildman–Crippen LogP) is 5.48. The molecule has 0 aliphatic heterocycles. The largest absolute Gasteiger partial charge is 0.459 e. The molecule has 0 spiro atoms. The van der Waals surface area contributed by atoms with Gasteiger partial charge in [-0.05, 0) is 54.6 Å². The van der Waals surface area contributed by atoms with Crippen molar-refractivity contribution >= 4 is 46.6 Å². The molecule has 2 N–H and O–H groups in total. The highest BCUT2D eigenvalue weighted by atomic mass is 35.5. The Bertz CT molecular complexity index is 909. The van der Waals surface area contributed by atoms with E-state index in [-0.39, 0.29) is 18.3 Å². The van der Waals surface area contributed by atoms with E-state index in [1.807, 2.05) is 12.1 Å². The van der Waals surface area contributed by atoms with E-state index in [2.05, 4.69) is 5.32 Å². The number of furan rings is 1. The summed E-state index contributed by atoms with van der Waals surface area (Å²) in [7, 11) is 0. The average Bonchev–Trinajstić information content (AvgIpc) is 3.10. The number of aliphatic hydroxyl groups is 1. The zero-order valence-corrected chi connectivity index (χ0v) is 15.9. The van der Waals surface area contributed by atoms with Crippen LogP contribution in [0.5, 0.6) is 0 Å². The van der Waals surface area contributed by atoms with Crippen LogP contribution in [0.1, 0.15) is 5.76 Å². The van der Waals surface area contributed by atoms with Crippen LogP contribution < -0.4 is 5.32 Å². The minimum absolute atomic E-state index is 0.130. The molecule has 0 atom stereocenters. The zero-order chi connectivity index (χ0) is 18.5. The van der Waals surface area contributed by atoms with Crippen molar-refractivity contribution in [3.05, 3.63) is 70.4 Å². The van der Waals surface area contributed by atoms with Gasteiger partial charge in [-0.3, -0.25) is 4.79 Å². The van der Waals surface area contributed by atoms with Crippen LogP contribution in [0.25, 0.3) is 11.3 Å². The first kappa shape index (κ1) is 18.9. The van der Waals surface area contributed by atoms with Crippen LogP contribution >= 0.6 is 35.0 Å². The van der Waals surface area contributed by atoms with E-state index in [1.165, 1.54) is 11.8 Å². The van der Waals surface area contributed by atoms with E-state index in [0.29, 0.717) is 32.8 Å². The van der Waals surface area contributed by atoms with Gasteiger partial charge in [0.1, 0.15) is 18.1 Å². The van der Waals surface area contributed by atoms with E-state index in [9.17, 15) is 4.79 Å². The van der Waals surface area contributed by atoms with Gasteiger partial charge in [-0.25, -0.2) is 0 Å². The number of halogens is 2. The second kappa shape index (κ2) is 8.64. The summed E-state index contributed by atoms with van der Waals surface area (Å²) in [4.78, 5) is 13.1. The molecule has 4 nitrogen and oxygen atoms in total. The summed E-state index contributed by atoms with van der Waals surface area (Å²) in [6.07, 6.45) is 0. The van der Waals surface area contributed by atoms with E-state index in [1.54, 1.807) is 42.5 Å². The Hall–Kier alpha value is -1.92. The molecule has 0 radical (unpaired) electrons. The second-order valence-corrected chi connectivity index (χ2v) is 7.30. The van der Waals surface area contributed by atoms with Gasteiger partial charge >= 0.3 is 0 Å². The van der Waals surface area contributed by atoms with Crippen molar-refractivity contribution in [1.29, 1.82) is 0 Å². The SMILES string of the molecule is O=C(CSc1ccc(Cl)cc1)Nc1ccc(-c2ccc(CO)o2)c(Cl)c1. The highest BCUT2D eigenvalue weighted by molar-refractivity contribution is 8.00. The highest BCUT2D eigenvalue weighted by Crippen LogP contribution is 2.32. The summed E-state index contributed by atoms with van der Waals surface area (Å²) < 4.78 is 5.48. The number of carbonyl (C=O) groups is 1. The van der Waals surface area contributed by atoms with Gasteiger partial charge in [0.05, 0.1) is 10.8 Å². The van der Waals surface area contributed by atoms with Crippen LogP contribution in [0.4, 0.5) is 5.69 Å². The first-order valence-electron chi connectivity index (χ1n) is 7.73. The quantitative estimate of drug-likeness (QED) is 0.531. The molecule has 0 aliphatic rings. The lowest BCUT2D eigenvalue weighted by molar-refractivity contribution is -0.113. The topological polar surface area (TPSA) is 62.5 Å². The number of anilines is 1. The standard InChI is InChI=1S/C19H15Cl2NO3S/c20-12-1-5-15(6-2-12)26-11-19(24)22-13-3-7-16(17(21)9-13)18-8-4-14(10-23)25-18/h1-9,23H,10-11H2,(H,22,24). The van der Waals surface area contributed by atoms with Crippen molar-refractivity contribution < 1.29 is 14.3 Å². The molecule has 2 aromatic carbocycles. The third kappa shape index (κ3) is 4.83. The fourth-order valence-electron chi connectivity index (χ4n) is 2.28. The van der Waals surface area contributed by atoms with Crippen molar-refractivity contribution in [3.8, 4) is 11.3 Å². The van der Waals surface area contributed by atoms with Gasteiger partial charge in [-0.15, -0.1) is 11.8 Å². The van der Waals surface area contributed by atoms with E-state index < -0.39 is 0 Å². The Kier molecular flexibility index (Phi) is 6.27. The lowest BCUT2D eigenvalue weighted by atomic mass is 10.1. The number of hydrogen-bond acceptors (Lipinski definition) is 4. The van der Waals surface area contributed by atoms with Crippen LogP contribution in [0.3, 0.4) is 0 Å². The van der Waals surface area contributed by atoms with Crippen LogP contribution in [-0.2, 0) is 11.4 Å². The Morgan fingerprint density at radius 1 is 1.08 bits per heavy atom. The zero-order valence-electron chi connectivity index (χ0n) is 13.5. The predicted molar refractivity (Wildman–Crippen MR) is 106 cm³/mol. The first-order valence-corrected chi connectivity index (χ1v) is 9.47. The Morgan fingerprint density at radius 2 is 1.85 bits per heavy atom. The lowest BCUT2D eigenvalue weighted by Gasteiger charge is -2.08. The maximum atomic E-state index is 12.1. The molecule has 0 saturated heterocycles. The van der Waals surface area contributed by atoms with Crippen LogP contribution in [0.2, 0.25) is 10.0 Å². The second-order valence-electron chi connectivity index (χ2n) is 5.41. The number of hydrogen-bond donors (Lipinski definition) is 2. The normalized spacial score (nSPS) is 10.7. The molecule has 0 unspecified atom stereocenters. The molecular weight excluding hydrogens is 393 g/mol. The molecule has 1 amide bonds. The Balaban J connectivity index is 1.61. The van der Waals surface area contributed by atoms with E-state index in [4.69, 9.17) is 32.7 Å². The van der Waals surface area contributed by atoms with Gasteiger partial charge in [0.25, 0.3) is 0 Å². The number of nitrogens with one attached hydrogen (secondary N) is 1. The Labute approximate surface area is 165 Å². The molecule has 0 fully saturated rings. The maximum Gasteiger partial charge on any atom is 0.234 e. The molecular formula is C19H15Cl2NO3S. The van der Waals surface area contributed by atoms with Crippen LogP contribution in [0, 0.1) is 0 Å². The number of rotatable bonds is 6. The molecule has 1 heterocycles. The lowest BCUT2D eigenvalue weighted by Crippen LogP contribution is -2.13. The van der Waals surface area contributed by atoms with Crippen molar-refractivity contribution in [2.24, 2.45) is 0 Å². The number of amides is 1. The molecule has 0 saturated carbocycles. The van der Waals surface area contributed by atoms with Crippen molar-refractivity contribution in [2.45, 2.75) is 11.5 Å². The third-order valence-corrected chi connectivity index (χ3v) is 5.10. The van der Waals surface area contributed by atoms with Crippen molar-refractivity contribution in [2.75, 3.05) is 11.1 Å². The smallest absolute Gasteiger partial charge is 0.234 e. The first-order chi connectivity index (χ1) is 12.5. The summed E-state index contributed by atoms with van der Waals surface area (Å²) in [5.74, 6) is 1.18. The molecule has 1 aromatic heterocycles. The van der Waals surface area contributed by atoms with Gasteiger partial charge in [-0.1, -0.05) is 23.2 Å². The van der Waals surface area contributed by atoms with Gasteiger partial charge in [0.15, 0.2) is 0 Å². The fourth-order valence-corrected chi connectivity index (χ4v) is 3.38. The maximum absolute atomic E-state index is 12.1. The molecule has 3 rings (SSSR count). The summed E-state index contributed by atoms with van der Waals surface area (Å²) in [6, 6.07) is 15.9. The number of carbonyl (C=O) groups excluding carboxylic acids is 1. The summed E-state index contributed by atoms with van der Waals surface area (Å²) in [5.41, 5.74) is 1.30. The van der Waals surface area contributed by atoms with Gasteiger partial charge in [0, 0.05) is 21.2 Å². The van der Waals surface area contributed by atoms with Crippen LogP contribution in [-0.4, -0.2) is 16.8 Å². The molecule has 0 bridgehead atoms.